The molecule has 5 heteroatoms. The maximum Gasteiger partial charge on any atom is 0.271 e. The second kappa shape index (κ2) is 7.43. The Bertz CT molecular complexity index is 952. The van der Waals surface area contributed by atoms with Gasteiger partial charge in [0.05, 0.1) is 6.20 Å². The second-order valence-corrected chi connectivity index (χ2v) is 7.53. The van der Waals surface area contributed by atoms with Gasteiger partial charge in [0.25, 0.3) is 5.56 Å². The van der Waals surface area contributed by atoms with Crippen molar-refractivity contribution in [1.29, 1.82) is 0 Å². The molecule has 27 heavy (non-hydrogen) atoms. The molecule has 0 amide bonds. The molecule has 0 unspecified atom stereocenters. The van der Waals surface area contributed by atoms with Gasteiger partial charge in [0.2, 0.25) is 0 Å². The number of rotatable bonds is 4. The van der Waals surface area contributed by atoms with Gasteiger partial charge in [0.15, 0.2) is 0 Å². The van der Waals surface area contributed by atoms with Crippen LogP contribution in [0.2, 0.25) is 0 Å². The Labute approximate surface area is 159 Å². The van der Waals surface area contributed by atoms with Crippen molar-refractivity contribution in [1.82, 2.24) is 14.8 Å². The topological polar surface area (TPSA) is 53.9 Å². The van der Waals surface area contributed by atoms with E-state index in [4.69, 9.17) is 0 Å². The second-order valence-electron chi connectivity index (χ2n) is 7.53. The van der Waals surface area contributed by atoms with Crippen molar-refractivity contribution in [3.63, 3.8) is 0 Å². The summed E-state index contributed by atoms with van der Waals surface area (Å²) < 4.78 is 1.77. The van der Waals surface area contributed by atoms with Gasteiger partial charge in [-0.1, -0.05) is 30.3 Å². The SMILES string of the molecule is Cn1cc(-c2c[nH]c(=O)c(N(C)[C@H]3CC[C@@H](c4ccccc4)CC3)c2)cn1. The van der Waals surface area contributed by atoms with Crippen LogP contribution in [-0.2, 0) is 7.05 Å². The third-order valence-electron chi connectivity index (χ3n) is 5.82. The number of nitrogens with one attached hydrogen (secondary N) is 1. The molecular formula is C22H26N4O. The number of H-pyrrole nitrogens is 1. The van der Waals surface area contributed by atoms with E-state index in [9.17, 15) is 4.79 Å². The summed E-state index contributed by atoms with van der Waals surface area (Å²) in [5.41, 5.74) is 4.14. The minimum Gasteiger partial charge on any atom is -0.367 e. The van der Waals surface area contributed by atoms with E-state index in [2.05, 4.69) is 45.3 Å². The van der Waals surface area contributed by atoms with Gasteiger partial charge in [-0.25, -0.2) is 0 Å². The molecule has 2 aromatic heterocycles. The zero-order chi connectivity index (χ0) is 18.8. The normalized spacial score (nSPS) is 19.8. The highest BCUT2D eigenvalue weighted by molar-refractivity contribution is 5.66. The van der Waals surface area contributed by atoms with E-state index in [1.54, 1.807) is 10.9 Å². The van der Waals surface area contributed by atoms with Crippen LogP contribution in [0.25, 0.3) is 11.1 Å². The van der Waals surface area contributed by atoms with Crippen LogP contribution in [0.4, 0.5) is 5.69 Å². The van der Waals surface area contributed by atoms with Crippen molar-refractivity contribution in [2.75, 3.05) is 11.9 Å². The van der Waals surface area contributed by atoms with E-state index in [1.807, 2.05) is 32.6 Å². The van der Waals surface area contributed by atoms with Gasteiger partial charge in [-0.15, -0.1) is 0 Å². The molecule has 0 saturated heterocycles. The molecule has 140 valence electrons. The minimum absolute atomic E-state index is 0.0321. The standard InChI is InChI=1S/C22H26N4O/c1-25-15-19(14-24-25)18-12-21(22(27)23-13-18)26(2)20-10-8-17(9-11-20)16-6-4-3-5-7-16/h3-7,12-15,17,20H,8-11H2,1-2H3,(H,23,27)/t17-,20+. The third-order valence-corrected chi connectivity index (χ3v) is 5.82. The number of aryl methyl sites for hydroxylation is 1. The van der Waals surface area contributed by atoms with Crippen molar-refractivity contribution < 1.29 is 0 Å². The summed E-state index contributed by atoms with van der Waals surface area (Å²) in [5.74, 6) is 0.635. The summed E-state index contributed by atoms with van der Waals surface area (Å²) >= 11 is 0. The van der Waals surface area contributed by atoms with E-state index < -0.39 is 0 Å². The molecule has 5 nitrogen and oxygen atoms in total. The predicted molar refractivity (Wildman–Crippen MR) is 109 cm³/mol. The van der Waals surface area contributed by atoms with Crippen LogP contribution in [0.3, 0.4) is 0 Å². The van der Waals surface area contributed by atoms with Gasteiger partial charge < -0.3 is 9.88 Å². The Kier molecular flexibility index (Phi) is 4.84. The first kappa shape index (κ1) is 17.6. The average Bonchev–Trinajstić information content (AvgIpc) is 3.15. The van der Waals surface area contributed by atoms with Gasteiger partial charge in [-0.3, -0.25) is 9.48 Å². The summed E-state index contributed by atoms with van der Waals surface area (Å²) in [6, 6.07) is 13.2. The van der Waals surface area contributed by atoms with Crippen LogP contribution in [0.5, 0.6) is 0 Å². The summed E-state index contributed by atoms with van der Waals surface area (Å²) in [4.78, 5) is 17.5. The maximum absolute atomic E-state index is 12.5. The quantitative estimate of drug-likeness (QED) is 0.765. The fraction of sp³-hybridized carbons (Fsp3) is 0.364. The number of benzene rings is 1. The minimum atomic E-state index is -0.0321. The number of nitrogens with zero attached hydrogens (tertiary/aromatic N) is 3. The Balaban J connectivity index is 1.50. The zero-order valence-corrected chi connectivity index (χ0v) is 15.9. The van der Waals surface area contributed by atoms with Crippen molar-refractivity contribution in [3.05, 3.63) is 70.9 Å². The first-order chi connectivity index (χ1) is 13.1. The molecule has 0 aliphatic heterocycles. The molecule has 1 fully saturated rings. The molecule has 1 aliphatic carbocycles. The number of anilines is 1. The Morgan fingerprint density at radius 3 is 2.52 bits per heavy atom. The molecule has 4 rings (SSSR count). The monoisotopic (exact) mass is 362 g/mol. The Hall–Kier alpha value is -2.82. The summed E-state index contributed by atoms with van der Waals surface area (Å²) in [5, 5.41) is 4.23. The number of aromatic nitrogens is 3. The van der Waals surface area contributed by atoms with Gasteiger partial charge in [0.1, 0.15) is 5.69 Å². The molecule has 1 N–H and O–H groups in total. The lowest BCUT2D eigenvalue weighted by atomic mass is 9.81. The third kappa shape index (κ3) is 3.68. The Morgan fingerprint density at radius 2 is 1.85 bits per heavy atom. The highest BCUT2D eigenvalue weighted by Gasteiger charge is 2.26. The van der Waals surface area contributed by atoms with E-state index in [-0.39, 0.29) is 5.56 Å². The summed E-state index contributed by atoms with van der Waals surface area (Å²) in [6.07, 6.45) is 10.1. The van der Waals surface area contributed by atoms with Gasteiger partial charge >= 0.3 is 0 Å². The highest BCUT2D eigenvalue weighted by Crippen LogP contribution is 2.35. The smallest absolute Gasteiger partial charge is 0.271 e. The van der Waals surface area contributed by atoms with Crippen molar-refractivity contribution in [2.45, 2.75) is 37.6 Å². The summed E-state index contributed by atoms with van der Waals surface area (Å²) in [6.45, 7) is 0. The molecule has 2 heterocycles. The molecule has 0 spiro atoms. The predicted octanol–water partition coefficient (Wildman–Crippen LogP) is 3.94. The zero-order valence-electron chi connectivity index (χ0n) is 15.9. The first-order valence-electron chi connectivity index (χ1n) is 9.61. The summed E-state index contributed by atoms with van der Waals surface area (Å²) in [7, 11) is 3.94. The fourth-order valence-electron chi connectivity index (χ4n) is 4.19. The van der Waals surface area contributed by atoms with Crippen LogP contribution in [0.1, 0.15) is 37.2 Å². The first-order valence-corrected chi connectivity index (χ1v) is 9.61. The number of pyridine rings is 1. The lowest BCUT2D eigenvalue weighted by Gasteiger charge is -2.35. The van der Waals surface area contributed by atoms with Crippen LogP contribution in [0.15, 0.2) is 59.8 Å². The number of hydrogen-bond acceptors (Lipinski definition) is 3. The van der Waals surface area contributed by atoms with E-state index >= 15 is 0 Å². The number of hydrogen-bond donors (Lipinski definition) is 1. The molecule has 0 radical (unpaired) electrons. The van der Waals surface area contributed by atoms with Crippen molar-refractivity contribution >= 4 is 5.69 Å². The lowest BCUT2D eigenvalue weighted by Crippen LogP contribution is -2.37. The molecule has 1 aromatic carbocycles. The van der Waals surface area contributed by atoms with Crippen LogP contribution in [-0.4, -0.2) is 27.9 Å². The molecule has 1 aliphatic rings. The van der Waals surface area contributed by atoms with Gasteiger partial charge in [0, 0.05) is 43.7 Å². The van der Waals surface area contributed by atoms with E-state index in [1.165, 1.54) is 18.4 Å². The van der Waals surface area contributed by atoms with E-state index in [0.717, 1.165) is 29.7 Å². The molecular weight excluding hydrogens is 336 g/mol. The fourth-order valence-corrected chi connectivity index (χ4v) is 4.19. The average molecular weight is 362 g/mol. The maximum atomic E-state index is 12.5. The number of aromatic amines is 1. The molecule has 3 aromatic rings. The van der Waals surface area contributed by atoms with Crippen molar-refractivity contribution in [3.8, 4) is 11.1 Å². The van der Waals surface area contributed by atoms with Crippen molar-refractivity contribution in [2.24, 2.45) is 7.05 Å². The highest BCUT2D eigenvalue weighted by atomic mass is 16.1. The largest absolute Gasteiger partial charge is 0.367 e. The lowest BCUT2D eigenvalue weighted by molar-refractivity contribution is 0.385. The van der Waals surface area contributed by atoms with Crippen LogP contribution < -0.4 is 10.5 Å². The van der Waals surface area contributed by atoms with Gasteiger partial charge in [-0.05, 0) is 43.2 Å². The molecule has 1 saturated carbocycles. The molecule has 0 bridgehead atoms. The van der Waals surface area contributed by atoms with Crippen LogP contribution >= 0.6 is 0 Å². The van der Waals surface area contributed by atoms with E-state index in [0.29, 0.717) is 12.0 Å². The van der Waals surface area contributed by atoms with Gasteiger partial charge in [-0.2, -0.15) is 5.10 Å². The molecule has 0 atom stereocenters. The Morgan fingerprint density at radius 1 is 1.11 bits per heavy atom. The van der Waals surface area contributed by atoms with Crippen LogP contribution in [0, 0.1) is 0 Å².